The number of rotatable bonds is 3. The molecule has 4 heterocycles. The van der Waals surface area contributed by atoms with Gasteiger partial charge in [0, 0.05) is 36.0 Å². The first-order valence-corrected chi connectivity index (χ1v) is 7.62. The van der Waals surface area contributed by atoms with Crippen LogP contribution in [-0.2, 0) is 4.79 Å². The number of nitrogens with one attached hydrogen (secondary N) is 1. The molecule has 2 bridgehead atoms. The van der Waals surface area contributed by atoms with Crippen LogP contribution in [0.4, 0.5) is 5.82 Å². The number of carbonyl (C=O) groups is 1. The second-order valence-electron chi connectivity index (χ2n) is 6.26. The van der Waals surface area contributed by atoms with Crippen LogP contribution in [0.1, 0.15) is 49.1 Å². The van der Waals surface area contributed by atoms with Gasteiger partial charge >= 0.3 is 0 Å². The topological polar surface area (TPSA) is 36.1 Å². The van der Waals surface area contributed by atoms with Crippen LogP contribution < -0.4 is 4.90 Å². The molecule has 0 amide bonds. The summed E-state index contributed by atoms with van der Waals surface area (Å²) in [6, 6.07) is 6.65. The van der Waals surface area contributed by atoms with Gasteiger partial charge in [0.2, 0.25) is 0 Å². The van der Waals surface area contributed by atoms with Crippen molar-refractivity contribution in [2.24, 2.45) is 0 Å². The second-order valence-corrected chi connectivity index (χ2v) is 6.26. The van der Waals surface area contributed by atoms with Gasteiger partial charge in [0.05, 0.1) is 0 Å². The Labute approximate surface area is 119 Å². The van der Waals surface area contributed by atoms with Crippen LogP contribution in [0.3, 0.4) is 0 Å². The smallest absolute Gasteiger partial charge is 0.120 e. The van der Waals surface area contributed by atoms with Crippen molar-refractivity contribution in [2.75, 3.05) is 18.0 Å². The lowest BCUT2D eigenvalue weighted by atomic mass is 9.83. The number of aldehydes is 1. The zero-order valence-corrected chi connectivity index (χ0v) is 11.9. The summed E-state index contributed by atoms with van der Waals surface area (Å²) in [7, 11) is 0. The molecule has 1 fully saturated rings. The van der Waals surface area contributed by atoms with Crippen LogP contribution in [0.25, 0.3) is 10.9 Å². The van der Waals surface area contributed by atoms with Gasteiger partial charge in [0.25, 0.3) is 0 Å². The molecule has 20 heavy (non-hydrogen) atoms. The molecule has 1 unspecified atom stereocenters. The van der Waals surface area contributed by atoms with E-state index in [0.29, 0.717) is 12.3 Å². The fourth-order valence-corrected chi connectivity index (χ4v) is 3.86. The summed E-state index contributed by atoms with van der Waals surface area (Å²) in [6.45, 7) is 4.52. The Balaban J connectivity index is 1.86. The number of fused-ring (bicyclic) bond motifs is 3. The van der Waals surface area contributed by atoms with E-state index >= 15 is 0 Å². The Kier molecular flexibility index (Phi) is 2.62. The van der Waals surface area contributed by atoms with Gasteiger partial charge in [-0.1, -0.05) is 13.0 Å². The maximum atomic E-state index is 10.7. The van der Waals surface area contributed by atoms with Gasteiger partial charge in [-0.25, -0.2) is 0 Å². The zero-order valence-electron chi connectivity index (χ0n) is 11.9. The lowest BCUT2D eigenvalue weighted by Gasteiger charge is -2.40. The van der Waals surface area contributed by atoms with Crippen molar-refractivity contribution in [3.63, 3.8) is 0 Å². The maximum Gasteiger partial charge on any atom is 0.120 e. The summed E-state index contributed by atoms with van der Waals surface area (Å²) in [5.41, 5.74) is 4.05. The molecule has 3 aliphatic rings. The van der Waals surface area contributed by atoms with E-state index in [4.69, 9.17) is 0 Å². The molecule has 3 nitrogen and oxygen atoms in total. The van der Waals surface area contributed by atoms with Crippen LogP contribution in [-0.4, -0.2) is 24.4 Å². The van der Waals surface area contributed by atoms with Gasteiger partial charge in [0.15, 0.2) is 0 Å². The first-order valence-electron chi connectivity index (χ1n) is 7.62. The number of anilines is 1. The number of piperidine rings is 1. The van der Waals surface area contributed by atoms with Crippen molar-refractivity contribution < 1.29 is 4.79 Å². The van der Waals surface area contributed by atoms with E-state index in [2.05, 4.69) is 35.0 Å². The third kappa shape index (κ3) is 1.62. The number of nitrogens with zero attached hydrogens (tertiary/aromatic N) is 1. The van der Waals surface area contributed by atoms with Gasteiger partial charge in [-0.05, 0) is 42.4 Å². The number of hydrogen-bond acceptors (Lipinski definition) is 2. The minimum absolute atomic E-state index is 0.309. The number of aromatic nitrogens is 1. The van der Waals surface area contributed by atoms with E-state index in [1.54, 1.807) is 0 Å². The van der Waals surface area contributed by atoms with Gasteiger partial charge in [-0.15, -0.1) is 0 Å². The summed E-state index contributed by atoms with van der Waals surface area (Å²) in [5.74, 6) is 2.38. The highest BCUT2D eigenvalue weighted by Gasteiger charge is 2.33. The standard InChI is InChI=1S/C17H20N2O/c1-11(6-9-20)13-2-3-15-14(10-13)16-12-4-7-19(8-5-12)17(16)18-15/h2-3,9-12,18H,4-8H2,1H3. The number of benzene rings is 1. The average molecular weight is 268 g/mol. The van der Waals surface area contributed by atoms with E-state index < -0.39 is 0 Å². The van der Waals surface area contributed by atoms with Gasteiger partial charge < -0.3 is 14.7 Å². The van der Waals surface area contributed by atoms with Gasteiger partial charge in [-0.3, -0.25) is 0 Å². The van der Waals surface area contributed by atoms with E-state index in [9.17, 15) is 4.79 Å². The summed E-state index contributed by atoms with van der Waals surface area (Å²) >= 11 is 0. The average Bonchev–Trinajstić information content (AvgIpc) is 2.89. The lowest BCUT2D eigenvalue weighted by molar-refractivity contribution is -0.108. The fourth-order valence-electron chi connectivity index (χ4n) is 3.86. The highest BCUT2D eigenvalue weighted by atomic mass is 16.1. The molecule has 1 aromatic carbocycles. The molecular weight excluding hydrogens is 248 g/mol. The SMILES string of the molecule is CC(CC=O)c1ccc2[nH]c3c(c2c1)C1CCN3CC1. The third-order valence-corrected chi connectivity index (χ3v) is 5.08. The molecule has 5 rings (SSSR count). The molecule has 3 aliphatic heterocycles. The molecule has 0 radical (unpaired) electrons. The van der Waals surface area contributed by atoms with E-state index in [1.165, 1.54) is 53.8 Å². The Morgan fingerprint density at radius 2 is 2.20 bits per heavy atom. The van der Waals surface area contributed by atoms with Crippen molar-refractivity contribution in [2.45, 2.75) is 38.0 Å². The maximum absolute atomic E-state index is 10.7. The zero-order chi connectivity index (χ0) is 13.7. The normalized spacial score (nSPS) is 19.4. The molecule has 104 valence electrons. The molecule has 2 aromatic rings. The summed E-state index contributed by atoms with van der Waals surface area (Å²) < 4.78 is 0. The van der Waals surface area contributed by atoms with Crippen LogP contribution in [0.2, 0.25) is 0 Å². The number of carbonyl (C=O) groups excluding carboxylic acids is 1. The molecule has 0 spiro atoms. The van der Waals surface area contributed by atoms with Crippen LogP contribution in [0.5, 0.6) is 0 Å². The monoisotopic (exact) mass is 268 g/mol. The predicted octanol–water partition coefficient (Wildman–Crippen LogP) is 3.56. The molecule has 0 saturated carbocycles. The van der Waals surface area contributed by atoms with Crippen molar-refractivity contribution in [1.29, 1.82) is 0 Å². The van der Waals surface area contributed by atoms with E-state index in [0.717, 1.165) is 12.2 Å². The van der Waals surface area contributed by atoms with Crippen molar-refractivity contribution >= 4 is 23.0 Å². The quantitative estimate of drug-likeness (QED) is 0.864. The van der Waals surface area contributed by atoms with Crippen molar-refractivity contribution in [3.8, 4) is 0 Å². The summed E-state index contributed by atoms with van der Waals surface area (Å²) in [5, 5.41) is 1.38. The van der Waals surface area contributed by atoms with E-state index in [1.807, 2.05) is 0 Å². The highest BCUT2D eigenvalue weighted by molar-refractivity contribution is 5.91. The Morgan fingerprint density at radius 3 is 2.95 bits per heavy atom. The lowest BCUT2D eigenvalue weighted by Crippen LogP contribution is -2.38. The van der Waals surface area contributed by atoms with Crippen molar-refractivity contribution in [1.82, 2.24) is 4.98 Å². The molecule has 1 atom stereocenters. The molecular formula is C17H20N2O. The number of H-pyrrole nitrogens is 1. The summed E-state index contributed by atoms with van der Waals surface area (Å²) in [6.07, 6.45) is 4.20. The van der Waals surface area contributed by atoms with Crippen LogP contribution in [0, 0.1) is 0 Å². The molecule has 1 saturated heterocycles. The minimum Gasteiger partial charge on any atom is -0.358 e. The van der Waals surface area contributed by atoms with Crippen LogP contribution in [0.15, 0.2) is 18.2 Å². The van der Waals surface area contributed by atoms with Gasteiger partial charge in [-0.2, -0.15) is 0 Å². The van der Waals surface area contributed by atoms with Crippen LogP contribution >= 0.6 is 0 Å². The van der Waals surface area contributed by atoms with E-state index in [-0.39, 0.29) is 0 Å². The second kappa shape index (κ2) is 4.37. The molecule has 1 N–H and O–H groups in total. The first-order chi connectivity index (χ1) is 9.78. The number of aromatic amines is 1. The van der Waals surface area contributed by atoms with Crippen molar-refractivity contribution in [3.05, 3.63) is 29.3 Å². The third-order valence-electron chi connectivity index (χ3n) is 5.08. The predicted molar refractivity (Wildman–Crippen MR) is 81.6 cm³/mol. The highest BCUT2D eigenvalue weighted by Crippen LogP contribution is 2.46. The Bertz CT molecular complexity index is 665. The molecule has 0 aliphatic carbocycles. The first kappa shape index (κ1) is 12.0. The Hall–Kier alpha value is -1.77. The fraction of sp³-hybridized carbons (Fsp3) is 0.471. The molecule has 3 heteroatoms. The number of hydrogen-bond donors (Lipinski definition) is 1. The van der Waals surface area contributed by atoms with Gasteiger partial charge in [0.1, 0.15) is 12.1 Å². The summed E-state index contributed by atoms with van der Waals surface area (Å²) in [4.78, 5) is 16.8. The molecule has 1 aromatic heterocycles. The Morgan fingerprint density at radius 1 is 1.40 bits per heavy atom. The largest absolute Gasteiger partial charge is 0.358 e. The minimum atomic E-state index is 0.309.